The minimum Gasteiger partial charge on any atom is -0.309 e. The first-order valence-electron chi connectivity index (χ1n) is 11.6. The van der Waals surface area contributed by atoms with Crippen molar-refractivity contribution in [3.63, 3.8) is 0 Å². The molecule has 3 nitrogen and oxygen atoms in total. The summed E-state index contributed by atoms with van der Waals surface area (Å²) in [5.41, 5.74) is -0.0889. The predicted molar refractivity (Wildman–Crippen MR) is 123 cm³/mol. The summed E-state index contributed by atoms with van der Waals surface area (Å²) in [6.07, 6.45) is -6.65. The molecular formula is C26H27F6N3. The van der Waals surface area contributed by atoms with Crippen LogP contribution in [0.25, 0.3) is 10.9 Å². The number of hydrogen-bond donors (Lipinski definition) is 1. The van der Waals surface area contributed by atoms with Gasteiger partial charge in [-0.1, -0.05) is 25.1 Å². The van der Waals surface area contributed by atoms with Gasteiger partial charge >= 0.3 is 12.4 Å². The fourth-order valence-corrected chi connectivity index (χ4v) is 4.48. The van der Waals surface area contributed by atoms with Crippen LogP contribution in [0.4, 0.5) is 26.3 Å². The lowest BCUT2D eigenvalue weighted by molar-refractivity contribution is -0.143. The summed E-state index contributed by atoms with van der Waals surface area (Å²) in [5, 5.41) is 3.98. The molecule has 1 N–H and O–H groups in total. The third kappa shape index (κ3) is 5.95. The van der Waals surface area contributed by atoms with Gasteiger partial charge in [0, 0.05) is 24.5 Å². The second-order valence-electron chi connectivity index (χ2n) is 9.06. The Morgan fingerprint density at radius 3 is 2.14 bits per heavy atom. The number of nitrogens with zero attached hydrogens (tertiary/aromatic N) is 2. The van der Waals surface area contributed by atoms with Gasteiger partial charge in [0.15, 0.2) is 0 Å². The fourth-order valence-electron chi connectivity index (χ4n) is 4.48. The molecule has 4 rings (SSSR count). The maximum absolute atomic E-state index is 13.2. The number of nitrogens with one attached hydrogen (secondary N) is 1. The zero-order valence-corrected chi connectivity index (χ0v) is 19.5. The molecule has 2 aromatic carbocycles. The molecular weight excluding hydrogens is 468 g/mol. The Morgan fingerprint density at radius 1 is 0.943 bits per heavy atom. The number of hydrogen-bond acceptors (Lipinski definition) is 3. The predicted octanol–water partition coefficient (Wildman–Crippen LogP) is 7.11. The van der Waals surface area contributed by atoms with E-state index in [4.69, 9.17) is 4.98 Å². The van der Waals surface area contributed by atoms with E-state index in [9.17, 15) is 26.3 Å². The zero-order valence-electron chi connectivity index (χ0n) is 19.5. The standard InChI is InChI=1S/C26H27F6N3/c1-3-23(35(2)21-8-9-21)24-18(12-17-6-4-5-7-22(17)34-24)15-33-14-16-10-19(25(27,28)29)13-20(11-16)26(30,31)32/h4-7,10-13,21,23,33H,3,8-9,14-15H2,1-2H3. The van der Waals surface area contributed by atoms with Crippen LogP contribution in [0.5, 0.6) is 0 Å². The summed E-state index contributed by atoms with van der Waals surface area (Å²) >= 11 is 0. The van der Waals surface area contributed by atoms with Crippen LogP contribution in [0, 0.1) is 0 Å². The molecule has 1 saturated carbocycles. The van der Waals surface area contributed by atoms with Gasteiger partial charge in [0.05, 0.1) is 28.4 Å². The number of aromatic nitrogens is 1. The van der Waals surface area contributed by atoms with Gasteiger partial charge in [-0.25, -0.2) is 0 Å². The van der Waals surface area contributed by atoms with Gasteiger partial charge in [0.2, 0.25) is 0 Å². The lowest BCUT2D eigenvalue weighted by atomic mass is 10.0. The number of benzene rings is 2. The van der Waals surface area contributed by atoms with Crippen molar-refractivity contribution in [2.75, 3.05) is 7.05 Å². The van der Waals surface area contributed by atoms with Gasteiger partial charge in [-0.15, -0.1) is 0 Å². The van der Waals surface area contributed by atoms with Crippen LogP contribution in [-0.4, -0.2) is 23.0 Å². The van der Waals surface area contributed by atoms with E-state index in [1.165, 1.54) is 0 Å². The summed E-state index contributed by atoms with van der Waals surface area (Å²) in [7, 11) is 2.07. The van der Waals surface area contributed by atoms with Gasteiger partial charge in [-0.3, -0.25) is 9.88 Å². The van der Waals surface area contributed by atoms with E-state index >= 15 is 0 Å². The van der Waals surface area contributed by atoms with Gasteiger partial charge in [-0.05, 0) is 67.8 Å². The Balaban J connectivity index is 1.61. The third-order valence-electron chi connectivity index (χ3n) is 6.45. The quantitative estimate of drug-likeness (QED) is 0.338. The van der Waals surface area contributed by atoms with Crippen molar-refractivity contribution in [2.45, 2.75) is 63.7 Å². The Kier molecular flexibility index (Phi) is 7.11. The molecule has 1 fully saturated rings. The van der Waals surface area contributed by atoms with E-state index in [1.54, 1.807) is 0 Å². The molecule has 0 bridgehead atoms. The van der Waals surface area contributed by atoms with Gasteiger partial charge in [0.1, 0.15) is 0 Å². The summed E-state index contributed by atoms with van der Waals surface area (Å²) in [6, 6.07) is 11.9. The number of fused-ring (bicyclic) bond motifs is 1. The fraction of sp³-hybridized carbons (Fsp3) is 0.423. The number of para-hydroxylation sites is 1. The van der Waals surface area contributed by atoms with Crippen LogP contribution in [0.15, 0.2) is 48.5 Å². The molecule has 1 unspecified atom stereocenters. The molecule has 0 saturated heterocycles. The van der Waals surface area contributed by atoms with E-state index in [0.717, 1.165) is 53.6 Å². The topological polar surface area (TPSA) is 28.2 Å². The highest BCUT2D eigenvalue weighted by Gasteiger charge is 2.37. The minimum atomic E-state index is -4.87. The van der Waals surface area contributed by atoms with E-state index in [-0.39, 0.29) is 30.8 Å². The SMILES string of the molecule is CCC(c1nc2ccccc2cc1CNCc1cc(C(F)(F)F)cc(C(F)(F)F)c1)N(C)C1CC1. The molecule has 3 aromatic rings. The molecule has 35 heavy (non-hydrogen) atoms. The molecule has 188 valence electrons. The van der Waals surface area contributed by atoms with Crippen molar-refractivity contribution >= 4 is 10.9 Å². The van der Waals surface area contributed by atoms with Crippen molar-refractivity contribution in [3.05, 3.63) is 76.5 Å². The molecule has 0 radical (unpaired) electrons. The lowest BCUT2D eigenvalue weighted by Crippen LogP contribution is -2.28. The van der Waals surface area contributed by atoms with Crippen molar-refractivity contribution in [1.82, 2.24) is 15.2 Å². The molecule has 1 aliphatic rings. The van der Waals surface area contributed by atoms with E-state index in [1.807, 2.05) is 30.3 Å². The Bertz CT molecular complexity index is 1150. The number of halogens is 6. The van der Waals surface area contributed by atoms with Crippen LogP contribution in [0.1, 0.15) is 60.2 Å². The van der Waals surface area contributed by atoms with E-state index in [0.29, 0.717) is 6.04 Å². The summed E-state index contributed by atoms with van der Waals surface area (Å²) in [4.78, 5) is 7.23. The van der Waals surface area contributed by atoms with Crippen LogP contribution in [-0.2, 0) is 25.4 Å². The second kappa shape index (κ2) is 9.78. The van der Waals surface area contributed by atoms with Gasteiger partial charge in [-0.2, -0.15) is 26.3 Å². The van der Waals surface area contributed by atoms with E-state index in [2.05, 4.69) is 24.2 Å². The molecule has 1 aliphatic carbocycles. The van der Waals surface area contributed by atoms with Crippen molar-refractivity contribution in [3.8, 4) is 0 Å². The molecule has 1 heterocycles. The molecule has 0 aliphatic heterocycles. The number of pyridine rings is 1. The third-order valence-corrected chi connectivity index (χ3v) is 6.45. The van der Waals surface area contributed by atoms with Crippen LogP contribution in [0.2, 0.25) is 0 Å². The smallest absolute Gasteiger partial charge is 0.309 e. The van der Waals surface area contributed by atoms with Crippen LogP contribution < -0.4 is 5.32 Å². The lowest BCUT2D eigenvalue weighted by Gasteiger charge is -2.28. The Labute approximate surface area is 200 Å². The average molecular weight is 496 g/mol. The average Bonchev–Trinajstić information content (AvgIpc) is 3.64. The highest BCUT2D eigenvalue weighted by atomic mass is 19.4. The number of alkyl halides is 6. The van der Waals surface area contributed by atoms with Gasteiger partial charge < -0.3 is 5.32 Å². The largest absolute Gasteiger partial charge is 0.416 e. The van der Waals surface area contributed by atoms with Crippen LogP contribution in [0.3, 0.4) is 0 Å². The molecule has 1 aromatic heterocycles. The molecule has 9 heteroatoms. The Morgan fingerprint density at radius 2 is 1.57 bits per heavy atom. The Hall–Kier alpha value is -2.65. The molecule has 1 atom stereocenters. The zero-order chi connectivity index (χ0) is 25.4. The maximum atomic E-state index is 13.2. The first-order chi connectivity index (χ1) is 16.5. The highest BCUT2D eigenvalue weighted by Crippen LogP contribution is 2.37. The van der Waals surface area contributed by atoms with Crippen molar-refractivity contribution in [1.29, 1.82) is 0 Å². The van der Waals surface area contributed by atoms with Crippen LogP contribution >= 0.6 is 0 Å². The monoisotopic (exact) mass is 495 g/mol. The molecule has 0 amide bonds. The summed E-state index contributed by atoms with van der Waals surface area (Å²) < 4.78 is 79.2. The van der Waals surface area contributed by atoms with Crippen molar-refractivity contribution < 1.29 is 26.3 Å². The first-order valence-corrected chi connectivity index (χ1v) is 11.6. The minimum absolute atomic E-state index is 0.0642. The molecule has 0 spiro atoms. The summed E-state index contributed by atoms with van der Waals surface area (Å²) in [6.45, 7) is 2.20. The van der Waals surface area contributed by atoms with Crippen molar-refractivity contribution in [2.24, 2.45) is 0 Å². The maximum Gasteiger partial charge on any atom is 0.416 e. The van der Waals surface area contributed by atoms with Gasteiger partial charge in [0.25, 0.3) is 0 Å². The number of rotatable bonds is 8. The normalized spacial score (nSPS) is 15.7. The first kappa shape index (κ1) is 25.4. The van der Waals surface area contributed by atoms with E-state index < -0.39 is 23.5 Å². The second-order valence-corrected chi connectivity index (χ2v) is 9.06. The summed E-state index contributed by atoms with van der Waals surface area (Å²) in [5.74, 6) is 0. The highest BCUT2D eigenvalue weighted by molar-refractivity contribution is 5.79.